The Morgan fingerprint density at radius 3 is 2.52 bits per heavy atom. The van der Waals surface area contributed by atoms with Crippen molar-refractivity contribution in [3.05, 3.63) is 33.9 Å². The number of hydrazine groups is 1. The highest BCUT2D eigenvalue weighted by Crippen LogP contribution is 2.29. The molecule has 1 aromatic rings. The molecule has 0 saturated carbocycles. The van der Waals surface area contributed by atoms with Crippen LogP contribution in [0.1, 0.15) is 43.5 Å². The minimum Gasteiger partial charge on any atom is -0.478 e. The van der Waals surface area contributed by atoms with Gasteiger partial charge < -0.3 is 10.5 Å². The average Bonchev–Trinajstić information content (AvgIpc) is 2.42. The fourth-order valence-electron chi connectivity index (χ4n) is 2.70. The van der Waals surface area contributed by atoms with Crippen molar-refractivity contribution in [3.8, 4) is 0 Å². The molecule has 2 rings (SSSR count). The Labute approximate surface area is 122 Å². The molecule has 1 fully saturated rings. The summed E-state index contributed by atoms with van der Waals surface area (Å²) in [4.78, 5) is 21.6. The van der Waals surface area contributed by atoms with Crippen molar-refractivity contribution in [1.29, 1.82) is 0 Å². The summed E-state index contributed by atoms with van der Waals surface area (Å²) in [7, 11) is 0. The highest BCUT2D eigenvalue weighted by atomic mass is 16.6. The molecule has 1 heterocycles. The number of hydrogen-bond acceptors (Lipinski definition) is 5. The zero-order valence-corrected chi connectivity index (χ0v) is 12.1. The van der Waals surface area contributed by atoms with Crippen LogP contribution in [0.25, 0.3) is 0 Å². The molecular weight excluding hydrogens is 274 g/mol. The third kappa shape index (κ3) is 3.30. The first-order chi connectivity index (χ1) is 9.90. The summed E-state index contributed by atoms with van der Waals surface area (Å²) in [6.07, 6.45) is 3.13. The Hall–Kier alpha value is -2.15. The van der Waals surface area contributed by atoms with E-state index >= 15 is 0 Å². The van der Waals surface area contributed by atoms with Gasteiger partial charge in [0.1, 0.15) is 5.69 Å². The number of aromatic carboxylic acids is 1. The maximum Gasteiger partial charge on any atom is 0.335 e. The summed E-state index contributed by atoms with van der Waals surface area (Å²) < 4.78 is 0. The fourth-order valence-corrected chi connectivity index (χ4v) is 2.70. The molecule has 1 aliphatic heterocycles. The van der Waals surface area contributed by atoms with Gasteiger partial charge in [-0.05, 0) is 38.8 Å². The summed E-state index contributed by atoms with van der Waals surface area (Å²) in [5, 5.41) is 22.1. The summed E-state index contributed by atoms with van der Waals surface area (Å²) >= 11 is 0. The lowest BCUT2D eigenvalue weighted by Crippen LogP contribution is -2.47. The third-order valence-electron chi connectivity index (χ3n) is 3.88. The number of piperidine rings is 1. The Morgan fingerprint density at radius 1 is 1.38 bits per heavy atom. The molecule has 0 aliphatic carbocycles. The lowest BCUT2D eigenvalue weighted by atomic mass is 10.00. The number of carbonyl (C=O) groups is 1. The minimum atomic E-state index is -1.10. The van der Waals surface area contributed by atoms with Crippen LogP contribution in [0.4, 0.5) is 11.4 Å². The predicted octanol–water partition coefficient (Wildman–Crippen LogP) is 2.88. The van der Waals surface area contributed by atoms with Crippen LogP contribution in [0, 0.1) is 10.1 Å². The zero-order chi connectivity index (χ0) is 15.6. The molecule has 7 heteroatoms. The van der Waals surface area contributed by atoms with Gasteiger partial charge in [-0.15, -0.1) is 0 Å². The van der Waals surface area contributed by atoms with Crippen molar-refractivity contribution in [3.63, 3.8) is 0 Å². The van der Waals surface area contributed by atoms with Gasteiger partial charge in [-0.1, -0.05) is 6.42 Å². The minimum absolute atomic E-state index is 0.0282. The highest BCUT2D eigenvalue weighted by molar-refractivity contribution is 5.90. The number of benzene rings is 1. The zero-order valence-electron chi connectivity index (χ0n) is 12.1. The Kier molecular flexibility index (Phi) is 4.42. The lowest BCUT2D eigenvalue weighted by Gasteiger charge is -2.39. The van der Waals surface area contributed by atoms with Crippen LogP contribution >= 0.6 is 0 Å². The number of anilines is 1. The van der Waals surface area contributed by atoms with E-state index in [1.807, 2.05) is 5.01 Å². The summed E-state index contributed by atoms with van der Waals surface area (Å²) in [6.45, 7) is 4.10. The van der Waals surface area contributed by atoms with E-state index in [9.17, 15) is 14.9 Å². The van der Waals surface area contributed by atoms with Gasteiger partial charge in [-0.3, -0.25) is 10.1 Å². The number of nitro benzene ring substituents is 1. The van der Waals surface area contributed by atoms with Crippen molar-refractivity contribution >= 4 is 17.3 Å². The van der Waals surface area contributed by atoms with E-state index in [4.69, 9.17) is 5.11 Å². The molecular formula is C14H19N3O4. The number of nitrogens with zero attached hydrogens (tertiary/aromatic N) is 2. The molecule has 1 aliphatic rings. The van der Waals surface area contributed by atoms with Gasteiger partial charge in [-0.25, -0.2) is 9.80 Å². The lowest BCUT2D eigenvalue weighted by molar-refractivity contribution is -0.384. The number of nitro groups is 1. The van der Waals surface area contributed by atoms with Gasteiger partial charge in [0.2, 0.25) is 0 Å². The fraction of sp³-hybridized carbons (Fsp3) is 0.500. The Balaban J connectivity index is 2.34. The van der Waals surface area contributed by atoms with Gasteiger partial charge in [0, 0.05) is 18.2 Å². The summed E-state index contributed by atoms with van der Waals surface area (Å²) in [6, 6.07) is 4.26. The number of carboxylic acid groups (broad SMARTS) is 1. The summed E-state index contributed by atoms with van der Waals surface area (Å²) in [5.41, 5.74) is 3.18. The van der Waals surface area contributed by atoms with E-state index in [-0.39, 0.29) is 29.0 Å². The molecule has 0 aromatic heterocycles. The molecule has 1 aromatic carbocycles. The van der Waals surface area contributed by atoms with Gasteiger partial charge in [-0.2, -0.15) is 0 Å². The van der Waals surface area contributed by atoms with E-state index in [0.717, 1.165) is 19.3 Å². The maximum absolute atomic E-state index is 11.1. The smallest absolute Gasteiger partial charge is 0.335 e. The normalized spacial score (nSPS) is 22.8. The number of rotatable bonds is 4. The van der Waals surface area contributed by atoms with Crippen LogP contribution in [-0.2, 0) is 0 Å². The van der Waals surface area contributed by atoms with Crippen LogP contribution in [-0.4, -0.2) is 33.1 Å². The average molecular weight is 293 g/mol. The second-order valence-electron chi connectivity index (χ2n) is 5.44. The molecule has 114 valence electrons. The van der Waals surface area contributed by atoms with E-state index in [0.29, 0.717) is 0 Å². The van der Waals surface area contributed by atoms with E-state index in [1.165, 1.54) is 18.2 Å². The van der Waals surface area contributed by atoms with Crippen molar-refractivity contribution in [2.45, 2.75) is 45.2 Å². The third-order valence-corrected chi connectivity index (χ3v) is 3.88. The number of hydrogen-bond donors (Lipinski definition) is 2. The van der Waals surface area contributed by atoms with Crippen LogP contribution < -0.4 is 5.43 Å². The molecule has 2 atom stereocenters. The van der Waals surface area contributed by atoms with Crippen LogP contribution in [0.3, 0.4) is 0 Å². The topological polar surface area (TPSA) is 95.7 Å². The first kappa shape index (κ1) is 15.2. The van der Waals surface area contributed by atoms with Gasteiger partial charge in [0.15, 0.2) is 0 Å². The molecule has 0 radical (unpaired) electrons. The van der Waals surface area contributed by atoms with E-state index in [2.05, 4.69) is 19.3 Å². The van der Waals surface area contributed by atoms with E-state index in [1.54, 1.807) is 0 Å². The molecule has 0 spiro atoms. The molecule has 7 nitrogen and oxygen atoms in total. The SMILES string of the molecule is CC1CCCC(C)N1Nc1cc(C(=O)O)ccc1[N+](=O)[O-]. The predicted molar refractivity (Wildman–Crippen MR) is 78.3 cm³/mol. The summed E-state index contributed by atoms with van der Waals surface area (Å²) in [5.74, 6) is -1.10. The molecule has 1 saturated heterocycles. The molecule has 2 unspecified atom stereocenters. The monoisotopic (exact) mass is 293 g/mol. The van der Waals surface area contributed by atoms with Crippen LogP contribution in [0.15, 0.2) is 18.2 Å². The van der Waals surface area contributed by atoms with Gasteiger partial charge in [0.05, 0.1) is 10.5 Å². The standard InChI is InChI=1S/C14H19N3O4/c1-9-4-3-5-10(2)16(9)15-12-8-11(14(18)19)6-7-13(12)17(20)21/h6-10,15H,3-5H2,1-2H3,(H,18,19). The Bertz CT molecular complexity index is 551. The van der Waals surface area contributed by atoms with Crippen molar-refractivity contribution in [2.24, 2.45) is 0 Å². The van der Waals surface area contributed by atoms with Gasteiger partial charge in [0.25, 0.3) is 5.69 Å². The molecule has 21 heavy (non-hydrogen) atoms. The largest absolute Gasteiger partial charge is 0.478 e. The first-order valence-electron chi connectivity index (χ1n) is 6.97. The Morgan fingerprint density at radius 2 is 2.00 bits per heavy atom. The highest BCUT2D eigenvalue weighted by Gasteiger charge is 2.27. The second kappa shape index (κ2) is 6.09. The number of nitrogens with one attached hydrogen (secondary N) is 1. The molecule has 2 N–H and O–H groups in total. The van der Waals surface area contributed by atoms with Crippen LogP contribution in [0.2, 0.25) is 0 Å². The van der Waals surface area contributed by atoms with Crippen molar-refractivity contribution in [1.82, 2.24) is 5.01 Å². The second-order valence-corrected chi connectivity index (χ2v) is 5.44. The van der Waals surface area contributed by atoms with Crippen molar-refractivity contribution < 1.29 is 14.8 Å². The number of carboxylic acids is 1. The van der Waals surface area contributed by atoms with Crippen LogP contribution in [0.5, 0.6) is 0 Å². The quantitative estimate of drug-likeness (QED) is 0.654. The molecule has 0 bridgehead atoms. The maximum atomic E-state index is 11.1. The van der Waals surface area contributed by atoms with E-state index < -0.39 is 10.9 Å². The first-order valence-corrected chi connectivity index (χ1v) is 6.97. The molecule has 0 amide bonds. The van der Waals surface area contributed by atoms with Gasteiger partial charge >= 0.3 is 5.97 Å². The van der Waals surface area contributed by atoms with Crippen molar-refractivity contribution in [2.75, 3.05) is 5.43 Å².